The highest BCUT2D eigenvalue weighted by atomic mass is 35.5. The fourth-order valence-electron chi connectivity index (χ4n) is 2.49. The monoisotopic (exact) mass is 455 g/mol. The van der Waals surface area contributed by atoms with Gasteiger partial charge < -0.3 is 15.1 Å². The number of benzene rings is 1. The number of nitrogens with zero attached hydrogens (tertiary/aromatic N) is 3. The number of hydrogen-bond donors (Lipinski definition) is 2. The maximum absolute atomic E-state index is 15.0. The predicted octanol–water partition coefficient (Wildman–Crippen LogP) is 5.28. The highest BCUT2D eigenvalue weighted by molar-refractivity contribution is 8.55. The molecule has 1 atom stereocenters. The number of hydrogen-bond acceptors (Lipinski definition) is 6. The fraction of sp³-hybridized carbons (Fsp3) is 0.278. The van der Waals surface area contributed by atoms with Crippen LogP contribution < -0.4 is 15.1 Å². The summed E-state index contributed by atoms with van der Waals surface area (Å²) in [4.78, 5) is 16.9. The number of rotatable bonds is 8. The van der Waals surface area contributed by atoms with Crippen molar-refractivity contribution in [2.75, 3.05) is 29.9 Å². The first kappa shape index (κ1) is 21.6. The van der Waals surface area contributed by atoms with Crippen molar-refractivity contribution >= 4 is 53.2 Å². The summed E-state index contributed by atoms with van der Waals surface area (Å²) in [6.45, 7) is 4.09. The van der Waals surface area contributed by atoms with Crippen molar-refractivity contribution in [2.45, 2.75) is 13.3 Å². The van der Waals surface area contributed by atoms with Crippen molar-refractivity contribution in [1.29, 1.82) is 0 Å². The van der Waals surface area contributed by atoms with Crippen molar-refractivity contribution < 1.29 is 13.9 Å². The Morgan fingerprint density at radius 3 is 2.97 bits per heavy atom. The van der Waals surface area contributed by atoms with Gasteiger partial charge in [0.25, 0.3) is 5.91 Å². The van der Waals surface area contributed by atoms with Crippen LogP contribution in [0.4, 0.5) is 15.8 Å². The molecule has 1 unspecified atom stereocenters. The Morgan fingerprint density at radius 2 is 2.24 bits per heavy atom. The average molecular weight is 456 g/mol. The second-order valence-electron chi connectivity index (χ2n) is 6.01. The normalized spacial score (nSPS) is 12.0. The molecular formula is C18H20ClFN5O2PS. The van der Waals surface area contributed by atoms with Gasteiger partial charge >= 0.3 is 0 Å². The van der Waals surface area contributed by atoms with Crippen molar-refractivity contribution in [3.8, 4) is 5.88 Å². The SMILES string of the molecule is CCCSP(C)Nc1ccc(Cl)c(C(=O)Nc2cnc3cc(OC)nn3c2)c1F. The number of amides is 1. The summed E-state index contributed by atoms with van der Waals surface area (Å²) in [6, 6.07) is 4.70. The molecule has 0 aliphatic carbocycles. The summed E-state index contributed by atoms with van der Waals surface area (Å²) in [5.41, 5.74) is 0.926. The molecule has 2 heterocycles. The van der Waals surface area contributed by atoms with Crippen LogP contribution in [-0.2, 0) is 0 Å². The molecule has 0 saturated heterocycles. The third kappa shape index (κ3) is 5.10. The zero-order valence-corrected chi connectivity index (χ0v) is 18.5. The summed E-state index contributed by atoms with van der Waals surface area (Å²) in [5, 5.41) is 9.94. The van der Waals surface area contributed by atoms with Gasteiger partial charge in [-0.2, -0.15) is 0 Å². The van der Waals surface area contributed by atoms with Crippen LogP contribution in [0.25, 0.3) is 5.65 Å². The highest BCUT2D eigenvalue weighted by Crippen LogP contribution is 2.47. The van der Waals surface area contributed by atoms with Crippen LogP contribution in [0.2, 0.25) is 5.02 Å². The molecule has 0 saturated carbocycles. The second kappa shape index (κ2) is 9.61. The molecular weight excluding hydrogens is 436 g/mol. The molecule has 2 N–H and O–H groups in total. The molecule has 0 radical (unpaired) electrons. The van der Waals surface area contributed by atoms with Gasteiger partial charge in [-0.25, -0.2) is 13.9 Å². The maximum Gasteiger partial charge on any atom is 0.260 e. The minimum atomic E-state index is -0.684. The summed E-state index contributed by atoms with van der Waals surface area (Å²) in [6.07, 6.45) is 4.05. The first-order chi connectivity index (χ1) is 13.9. The van der Waals surface area contributed by atoms with Crippen molar-refractivity contribution in [2.24, 2.45) is 0 Å². The predicted molar refractivity (Wildman–Crippen MR) is 118 cm³/mol. The van der Waals surface area contributed by atoms with E-state index < -0.39 is 19.0 Å². The molecule has 3 aromatic rings. The Bertz CT molecular complexity index is 1030. The molecule has 1 amide bonds. The third-order valence-corrected chi connectivity index (χ3v) is 7.68. The van der Waals surface area contributed by atoms with E-state index in [9.17, 15) is 4.79 Å². The largest absolute Gasteiger partial charge is 0.480 e. The molecule has 0 fully saturated rings. The van der Waals surface area contributed by atoms with E-state index >= 15 is 4.39 Å². The lowest BCUT2D eigenvalue weighted by atomic mass is 10.1. The Morgan fingerprint density at radius 1 is 1.45 bits per heavy atom. The minimum Gasteiger partial charge on any atom is -0.480 e. The molecule has 11 heteroatoms. The second-order valence-corrected chi connectivity index (χ2v) is 10.7. The van der Waals surface area contributed by atoms with Crippen LogP contribution in [0.15, 0.2) is 30.6 Å². The molecule has 154 valence electrons. The van der Waals surface area contributed by atoms with Gasteiger partial charge in [0.2, 0.25) is 5.88 Å². The molecule has 2 aromatic heterocycles. The molecule has 0 aliphatic heterocycles. The molecule has 29 heavy (non-hydrogen) atoms. The van der Waals surface area contributed by atoms with Gasteiger partial charge in [-0.1, -0.05) is 18.5 Å². The van der Waals surface area contributed by atoms with Gasteiger partial charge in [0, 0.05) is 13.3 Å². The number of anilines is 2. The van der Waals surface area contributed by atoms with Gasteiger partial charge in [-0.05, 0) is 31.0 Å². The van der Waals surface area contributed by atoms with Crippen LogP contribution in [0, 0.1) is 5.82 Å². The number of carbonyl (C=O) groups is 1. The van der Waals surface area contributed by atoms with Crippen LogP contribution in [0.5, 0.6) is 5.88 Å². The first-order valence-electron chi connectivity index (χ1n) is 8.75. The van der Waals surface area contributed by atoms with E-state index in [0.717, 1.165) is 12.2 Å². The number of halogens is 2. The zero-order chi connectivity index (χ0) is 21.0. The lowest BCUT2D eigenvalue weighted by Gasteiger charge is -2.17. The summed E-state index contributed by atoms with van der Waals surface area (Å²) < 4.78 is 21.5. The van der Waals surface area contributed by atoms with Crippen LogP contribution in [0.3, 0.4) is 0 Å². The smallest absolute Gasteiger partial charge is 0.260 e. The van der Waals surface area contributed by atoms with E-state index in [4.69, 9.17) is 16.3 Å². The molecule has 1 aromatic carbocycles. The minimum absolute atomic E-state index is 0.0296. The Hall–Kier alpha value is -2.09. The van der Waals surface area contributed by atoms with Gasteiger partial charge in [-0.15, -0.1) is 16.5 Å². The lowest BCUT2D eigenvalue weighted by Crippen LogP contribution is -2.16. The van der Waals surface area contributed by atoms with E-state index in [0.29, 0.717) is 17.2 Å². The van der Waals surface area contributed by atoms with Crippen molar-refractivity contribution in [3.05, 3.63) is 47.0 Å². The van der Waals surface area contributed by atoms with E-state index in [1.807, 2.05) is 6.66 Å². The summed E-state index contributed by atoms with van der Waals surface area (Å²) >= 11 is 7.85. The van der Waals surface area contributed by atoms with Gasteiger partial charge in [0.15, 0.2) is 11.5 Å². The van der Waals surface area contributed by atoms with Crippen LogP contribution in [-0.4, -0.2) is 40.0 Å². The van der Waals surface area contributed by atoms with Crippen LogP contribution in [0.1, 0.15) is 23.7 Å². The number of methoxy groups -OCH3 is 1. The van der Waals surface area contributed by atoms with Gasteiger partial charge in [-0.3, -0.25) is 4.79 Å². The quantitative estimate of drug-likeness (QED) is 0.450. The number of nitrogens with one attached hydrogen (secondary N) is 2. The average Bonchev–Trinajstić information content (AvgIpc) is 3.11. The van der Waals surface area contributed by atoms with E-state index in [1.54, 1.807) is 29.7 Å². The topological polar surface area (TPSA) is 80.5 Å². The number of fused-ring (bicyclic) bond motifs is 1. The highest BCUT2D eigenvalue weighted by Gasteiger charge is 2.21. The number of aromatic nitrogens is 3. The lowest BCUT2D eigenvalue weighted by molar-refractivity contribution is 0.102. The van der Waals surface area contributed by atoms with Crippen molar-refractivity contribution in [1.82, 2.24) is 14.6 Å². The molecule has 0 aliphatic rings. The molecule has 7 nitrogen and oxygen atoms in total. The van der Waals surface area contributed by atoms with Gasteiger partial charge in [0.05, 0.1) is 41.5 Å². The van der Waals surface area contributed by atoms with Crippen LogP contribution >= 0.6 is 30.3 Å². The van der Waals surface area contributed by atoms with E-state index in [-0.39, 0.29) is 16.3 Å². The Labute approximate surface area is 177 Å². The fourth-order valence-corrected chi connectivity index (χ4v) is 5.61. The summed E-state index contributed by atoms with van der Waals surface area (Å²) in [5.74, 6) is 0.0194. The summed E-state index contributed by atoms with van der Waals surface area (Å²) in [7, 11) is 0.830. The molecule has 3 rings (SSSR count). The maximum atomic E-state index is 15.0. The number of ether oxygens (including phenoxy) is 1. The Kier molecular flexibility index (Phi) is 7.16. The molecule has 0 bridgehead atoms. The third-order valence-electron chi connectivity index (χ3n) is 3.84. The van der Waals surface area contributed by atoms with E-state index in [1.165, 1.54) is 23.9 Å². The van der Waals surface area contributed by atoms with E-state index in [2.05, 4.69) is 27.4 Å². The number of carbonyl (C=O) groups excluding carboxylic acids is 1. The van der Waals surface area contributed by atoms with Gasteiger partial charge in [0.1, 0.15) is 0 Å². The van der Waals surface area contributed by atoms with Crippen molar-refractivity contribution in [3.63, 3.8) is 0 Å². The first-order valence-corrected chi connectivity index (χ1v) is 12.5. The standard InChI is InChI=1S/C18H20ClFN5O2PS/c1-4-7-29-28(3)24-13-6-5-12(19)16(17(13)20)18(26)22-11-9-21-14-8-15(27-2)23-25(14)10-11/h5-6,8-10,24H,4,7H2,1-3H3,(H,22,26). The zero-order valence-electron chi connectivity index (χ0n) is 16.1. The molecule has 0 spiro atoms. The Balaban J connectivity index is 1.82.